The molecule has 2 rings (SSSR count). The topological polar surface area (TPSA) is 83.0 Å². The lowest BCUT2D eigenvalue weighted by Crippen LogP contribution is -2.31. The first-order chi connectivity index (χ1) is 10.2. The highest BCUT2D eigenvalue weighted by Crippen LogP contribution is 2.12. The van der Waals surface area contributed by atoms with Crippen LogP contribution in [0.25, 0.3) is 0 Å². The number of benzene rings is 1. The minimum atomic E-state index is -0.117. The van der Waals surface area contributed by atoms with E-state index in [0.717, 1.165) is 5.56 Å². The van der Waals surface area contributed by atoms with Crippen molar-refractivity contribution >= 4 is 11.6 Å². The van der Waals surface area contributed by atoms with Crippen molar-refractivity contribution in [1.82, 2.24) is 9.88 Å². The van der Waals surface area contributed by atoms with Crippen molar-refractivity contribution in [3.8, 4) is 6.07 Å². The van der Waals surface area contributed by atoms with Gasteiger partial charge in [-0.3, -0.25) is 9.78 Å². The Morgan fingerprint density at radius 1 is 1.29 bits per heavy atom. The highest BCUT2D eigenvalue weighted by atomic mass is 16.2. The number of anilines is 1. The van der Waals surface area contributed by atoms with Crippen LogP contribution >= 0.6 is 0 Å². The molecule has 0 saturated carbocycles. The molecule has 0 aliphatic heterocycles. The molecule has 0 bridgehead atoms. The molecule has 21 heavy (non-hydrogen) atoms. The zero-order valence-corrected chi connectivity index (χ0v) is 11.6. The smallest absolute Gasteiger partial charge is 0.254 e. The molecule has 0 unspecified atom stereocenters. The summed E-state index contributed by atoms with van der Waals surface area (Å²) in [5, 5.41) is 8.75. The van der Waals surface area contributed by atoms with Crippen molar-refractivity contribution in [3.05, 3.63) is 59.9 Å². The maximum Gasteiger partial charge on any atom is 0.254 e. The van der Waals surface area contributed by atoms with Gasteiger partial charge in [0.1, 0.15) is 0 Å². The summed E-state index contributed by atoms with van der Waals surface area (Å²) < 4.78 is 0. The molecule has 0 aliphatic rings. The molecule has 2 N–H and O–H groups in total. The fraction of sp³-hybridized carbons (Fsp3) is 0.188. The first-order valence-corrected chi connectivity index (χ1v) is 6.61. The van der Waals surface area contributed by atoms with Gasteiger partial charge in [0.05, 0.1) is 12.5 Å². The molecule has 1 aromatic carbocycles. The third kappa shape index (κ3) is 4.05. The molecular weight excluding hydrogens is 264 g/mol. The second-order valence-corrected chi connectivity index (χ2v) is 4.62. The number of nitrogens with zero attached hydrogens (tertiary/aromatic N) is 3. The first kappa shape index (κ1) is 14.5. The van der Waals surface area contributed by atoms with E-state index in [1.807, 2.05) is 12.1 Å². The second-order valence-electron chi connectivity index (χ2n) is 4.62. The monoisotopic (exact) mass is 280 g/mol. The van der Waals surface area contributed by atoms with E-state index in [9.17, 15) is 4.79 Å². The number of amides is 1. The van der Waals surface area contributed by atoms with Gasteiger partial charge >= 0.3 is 0 Å². The molecule has 0 aliphatic carbocycles. The Morgan fingerprint density at radius 2 is 2.05 bits per heavy atom. The molecule has 5 nitrogen and oxygen atoms in total. The summed E-state index contributed by atoms with van der Waals surface area (Å²) in [5.41, 5.74) is 7.73. The lowest BCUT2D eigenvalue weighted by atomic mass is 10.1. The van der Waals surface area contributed by atoms with Crippen LogP contribution in [0.1, 0.15) is 22.3 Å². The summed E-state index contributed by atoms with van der Waals surface area (Å²) in [6.45, 7) is 0.813. The van der Waals surface area contributed by atoms with E-state index in [-0.39, 0.29) is 5.91 Å². The molecule has 1 heterocycles. The van der Waals surface area contributed by atoms with Gasteiger partial charge in [-0.15, -0.1) is 0 Å². The second kappa shape index (κ2) is 7.06. The highest BCUT2D eigenvalue weighted by Gasteiger charge is 2.15. The number of nitrogens with two attached hydrogens (primary N) is 1. The first-order valence-electron chi connectivity index (χ1n) is 6.61. The number of aromatic nitrogens is 1. The quantitative estimate of drug-likeness (QED) is 0.851. The van der Waals surface area contributed by atoms with Crippen LogP contribution < -0.4 is 5.73 Å². The minimum absolute atomic E-state index is 0.117. The maximum atomic E-state index is 12.5. The van der Waals surface area contributed by atoms with E-state index in [2.05, 4.69) is 11.1 Å². The lowest BCUT2D eigenvalue weighted by Gasteiger charge is -2.21. The van der Waals surface area contributed by atoms with E-state index in [0.29, 0.717) is 30.8 Å². The SMILES string of the molecule is N#CCCN(Cc1cccnc1)C(=O)c1ccc(N)cc1. The molecule has 0 saturated heterocycles. The van der Waals surface area contributed by atoms with Crippen molar-refractivity contribution in [1.29, 1.82) is 5.26 Å². The predicted octanol–water partition coefficient (Wildman–Crippen LogP) is 2.22. The van der Waals surface area contributed by atoms with Crippen LogP contribution in [-0.2, 0) is 6.54 Å². The number of hydrogen-bond donors (Lipinski definition) is 1. The Bertz CT molecular complexity index is 632. The third-order valence-corrected chi connectivity index (χ3v) is 3.03. The summed E-state index contributed by atoms with van der Waals surface area (Å²) in [6.07, 6.45) is 3.70. The number of carbonyl (C=O) groups excluding carboxylic acids is 1. The maximum absolute atomic E-state index is 12.5. The van der Waals surface area contributed by atoms with Crippen LogP contribution in [-0.4, -0.2) is 22.3 Å². The van der Waals surface area contributed by atoms with Gasteiger partial charge in [-0.25, -0.2) is 0 Å². The molecule has 0 atom stereocenters. The molecule has 2 aromatic rings. The van der Waals surface area contributed by atoms with Crippen LogP contribution in [0.15, 0.2) is 48.8 Å². The summed E-state index contributed by atoms with van der Waals surface area (Å²) in [6, 6.07) is 12.6. The molecular formula is C16H16N4O. The minimum Gasteiger partial charge on any atom is -0.399 e. The van der Waals surface area contributed by atoms with Crippen LogP contribution in [0.2, 0.25) is 0 Å². The van der Waals surface area contributed by atoms with E-state index < -0.39 is 0 Å². The number of nitrogen functional groups attached to an aromatic ring is 1. The van der Waals surface area contributed by atoms with Gasteiger partial charge < -0.3 is 10.6 Å². The molecule has 5 heteroatoms. The van der Waals surface area contributed by atoms with Gasteiger partial charge in [-0.2, -0.15) is 5.26 Å². The van der Waals surface area contributed by atoms with E-state index in [1.54, 1.807) is 41.6 Å². The van der Waals surface area contributed by atoms with Crippen molar-refractivity contribution in [2.75, 3.05) is 12.3 Å². The third-order valence-electron chi connectivity index (χ3n) is 3.03. The van der Waals surface area contributed by atoms with Crippen LogP contribution in [0, 0.1) is 11.3 Å². The van der Waals surface area contributed by atoms with Crippen LogP contribution in [0.4, 0.5) is 5.69 Å². The van der Waals surface area contributed by atoms with E-state index in [1.165, 1.54) is 0 Å². The predicted molar refractivity (Wildman–Crippen MR) is 80.1 cm³/mol. The zero-order chi connectivity index (χ0) is 15.1. The Kier molecular flexibility index (Phi) is 4.89. The average Bonchev–Trinajstić information content (AvgIpc) is 2.52. The van der Waals surface area contributed by atoms with Gasteiger partial charge in [0.15, 0.2) is 0 Å². The molecule has 0 radical (unpaired) electrons. The molecule has 106 valence electrons. The number of hydrogen-bond acceptors (Lipinski definition) is 4. The Morgan fingerprint density at radius 3 is 2.67 bits per heavy atom. The summed E-state index contributed by atoms with van der Waals surface area (Å²) in [4.78, 5) is 18.2. The Hall–Kier alpha value is -2.87. The number of pyridine rings is 1. The number of carbonyl (C=O) groups is 1. The van der Waals surface area contributed by atoms with Gasteiger partial charge in [0.25, 0.3) is 5.91 Å². The number of nitriles is 1. The fourth-order valence-electron chi connectivity index (χ4n) is 1.96. The van der Waals surface area contributed by atoms with E-state index in [4.69, 9.17) is 11.0 Å². The average molecular weight is 280 g/mol. The summed E-state index contributed by atoms with van der Waals surface area (Å²) in [5.74, 6) is -0.117. The fourth-order valence-corrected chi connectivity index (χ4v) is 1.96. The standard InChI is InChI=1S/C16H16N4O/c17-8-2-10-20(12-13-3-1-9-19-11-13)16(21)14-4-6-15(18)7-5-14/h1,3-7,9,11H,2,10,12,18H2. The van der Waals surface area contributed by atoms with Gasteiger partial charge in [-0.05, 0) is 35.9 Å². The molecule has 1 aromatic heterocycles. The molecule has 0 fully saturated rings. The normalized spacial score (nSPS) is 9.86. The summed E-state index contributed by atoms with van der Waals surface area (Å²) >= 11 is 0. The van der Waals surface area contributed by atoms with Crippen molar-refractivity contribution in [2.24, 2.45) is 0 Å². The van der Waals surface area contributed by atoms with Crippen LogP contribution in [0.5, 0.6) is 0 Å². The Balaban J connectivity index is 2.17. The Labute approximate surface area is 123 Å². The summed E-state index contributed by atoms with van der Waals surface area (Å²) in [7, 11) is 0. The van der Waals surface area contributed by atoms with Gasteiger partial charge in [0.2, 0.25) is 0 Å². The largest absolute Gasteiger partial charge is 0.399 e. The number of rotatable bonds is 5. The lowest BCUT2D eigenvalue weighted by molar-refractivity contribution is 0.0747. The highest BCUT2D eigenvalue weighted by molar-refractivity contribution is 5.94. The van der Waals surface area contributed by atoms with Crippen molar-refractivity contribution < 1.29 is 4.79 Å². The van der Waals surface area contributed by atoms with Crippen molar-refractivity contribution in [3.63, 3.8) is 0 Å². The molecule has 0 spiro atoms. The zero-order valence-electron chi connectivity index (χ0n) is 11.6. The van der Waals surface area contributed by atoms with Crippen molar-refractivity contribution in [2.45, 2.75) is 13.0 Å². The van der Waals surface area contributed by atoms with Gasteiger partial charge in [0, 0.05) is 36.7 Å². The van der Waals surface area contributed by atoms with Gasteiger partial charge in [-0.1, -0.05) is 6.07 Å². The van der Waals surface area contributed by atoms with E-state index >= 15 is 0 Å². The van der Waals surface area contributed by atoms with Crippen LogP contribution in [0.3, 0.4) is 0 Å². The molecule has 1 amide bonds.